The van der Waals surface area contributed by atoms with Gasteiger partial charge in [0.25, 0.3) is 0 Å². The van der Waals surface area contributed by atoms with Crippen molar-refractivity contribution in [2.45, 2.75) is 6.61 Å². The van der Waals surface area contributed by atoms with E-state index in [-0.39, 0.29) is 12.4 Å². The molecule has 1 aromatic heterocycles. The lowest BCUT2D eigenvalue weighted by Gasteiger charge is -2.11. The molecule has 7 heteroatoms. The van der Waals surface area contributed by atoms with Crippen molar-refractivity contribution in [3.05, 3.63) is 72.1 Å². The molecule has 6 nitrogen and oxygen atoms in total. The minimum atomic E-state index is -0.401. The Morgan fingerprint density at radius 2 is 1.92 bits per heavy atom. The second-order valence-corrected chi connectivity index (χ2v) is 4.88. The Bertz CT molecular complexity index is 834. The zero-order valence-corrected chi connectivity index (χ0v) is 13.0. The maximum Gasteiger partial charge on any atom is 0.165 e. The summed E-state index contributed by atoms with van der Waals surface area (Å²) in [4.78, 5) is 0. The number of hydrogen-bond acceptors (Lipinski definition) is 5. The van der Waals surface area contributed by atoms with Crippen molar-refractivity contribution in [1.82, 2.24) is 14.9 Å². The molecule has 24 heavy (non-hydrogen) atoms. The molecule has 0 bridgehead atoms. The number of aromatic nitrogens is 3. The third-order valence-corrected chi connectivity index (χ3v) is 3.27. The van der Waals surface area contributed by atoms with E-state index in [2.05, 4.69) is 15.3 Å². The van der Waals surface area contributed by atoms with Gasteiger partial charge >= 0.3 is 0 Å². The van der Waals surface area contributed by atoms with Crippen LogP contribution in [0.2, 0.25) is 0 Å². The van der Waals surface area contributed by atoms with Crippen LogP contribution in [0.25, 0.3) is 0 Å². The van der Waals surface area contributed by atoms with Gasteiger partial charge in [-0.2, -0.15) is 5.10 Å². The number of methoxy groups -OCH3 is 1. The van der Waals surface area contributed by atoms with Crippen molar-refractivity contribution < 1.29 is 13.9 Å². The molecule has 0 aliphatic heterocycles. The molecule has 0 fully saturated rings. The first-order valence-corrected chi connectivity index (χ1v) is 7.19. The van der Waals surface area contributed by atoms with Crippen molar-refractivity contribution in [2.75, 3.05) is 7.11 Å². The van der Waals surface area contributed by atoms with Gasteiger partial charge in [0, 0.05) is 5.56 Å². The average molecular weight is 326 g/mol. The number of nitrogens with zero attached hydrogens (tertiary/aromatic N) is 4. The molecule has 0 radical (unpaired) electrons. The van der Waals surface area contributed by atoms with Crippen LogP contribution in [0.3, 0.4) is 0 Å². The second kappa shape index (κ2) is 7.36. The zero-order valence-electron chi connectivity index (χ0n) is 13.0. The Morgan fingerprint density at radius 1 is 1.12 bits per heavy atom. The highest BCUT2D eigenvalue weighted by atomic mass is 19.1. The lowest BCUT2D eigenvalue weighted by atomic mass is 10.1. The summed E-state index contributed by atoms with van der Waals surface area (Å²) in [6.07, 6.45) is 4.64. The lowest BCUT2D eigenvalue weighted by molar-refractivity contribution is 0.282. The molecule has 0 saturated heterocycles. The molecule has 0 spiro atoms. The third-order valence-electron chi connectivity index (χ3n) is 3.27. The predicted octanol–water partition coefficient (Wildman–Crippen LogP) is 2.89. The maximum atomic E-state index is 13.6. The summed E-state index contributed by atoms with van der Waals surface area (Å²) in [5.74, 6) is 0.456. The van der Waals surface area contributed by atoms with Crippen molar-refractivity contribution in [1.29, 1.82) is 0 Å². The molecule has 122 valence electrons. The molecule has 0 amide bonds. The monoisotopic (exact) mass is 326 g/mol. The molecule has 0 aliphatic carbocycles. The van der Waals surface area contributed by atoms with Gasteiger partial charge in [-0.05, 0) is 35.9 Å². The first kappa shape index (κ1) is 15.7. The third kappa shape index (κ3) is 3.75. The molecule has 0 saturated carbocycles. The molecule has 0 atom stereocenters. The Morgan fingerprint density at radius 3 is 2.67 bits per heavy atom. The van der Waals surface area contributed by atoms with Crippen LogP contribution in [-0.4, -0.2) is 28.2 Å². The highest BCUT2D eigenvalue weighted by Crippen LogP contribution is 2.23. The fourth-order valence-electron chi connectivity index (χ4n) is 2.10. The van der Waals surface area contributed by atoms with Gasteiger partial charge in [0.15, 0.2) is 11.6 Å². The quantitative estimate of drug-likeness (QED) is 0.654. The number of benzene rings is 2. The predicted molar refractivity (Wildman–Crippen MR) is 86.7 cm³/mol. The highest BCUT2D eigenvalue weighted by molar-refractivity contribution is 5.80. The topological polar surface area (TPSA) is 61.5 Å². The molecule has 2 aromatic carbocycles. The summed E-state index contributed by atoms with van der Waals surface area (Å²) >= 11 is 0. The van der Waals surface area contributed by atoms with Gasteiger partial charge < -0.3 is 9.47 Å². The molecule has 3 aromatic rings. The van der Waals surface area contributed by atoms with E-state index in [1.165, 1.54) is 23.4 Å². The summed E-state index contributed by atoms with van der Waals surface area (Å²) < 4.78 is 26.0. The molecular weight excluding hydrogens is 311 g/mol. The van der Waals surface area contributed by atoms with Crippen LogP contribution < -0.4 is 9.47 Å². The lowest BCUT2D eigenvalue weighted by Crippen LogP contribution is -2.01. The summed E-state index contributed by atoms with van der Waals surface area (Å²) in [6.45, 7) is 0.179. The first-order valence-electron chi connectivity index (χ1n) is 7.19. The van der Waals surface area contributed by atoms with Crippen LogP contribution in [0.15, 0.2) is 60.2 Å². The zero-order chi connectivity index (χ0) is 16.8. The summed E-state index contributed by atoms with van der Waals surface area (Å²) in [5.41, 5.74) is 1.63. The standard InChI is InChI=1S/C17H15FN4O2/c1-23-16-7-6-13(9-21-22-11-19-20-12-22)8-14(16)10-24-17-5-3-2-4-15(17)18/h2-9,11-12H,10H2,1H3/b21-9+. The van der Waals surface area contributed by atoms with E-state index in [0.29, 0.717) is 5.75 Å². The van der Waals surface area contributed by atoms with Crippen molar-refractivity contribution in [3.63, 3.8) is 0 Å². The Balaban J connectivity index is 1.78. The minimum Gasteiger partial charge on any atom is -0.496 e. The number of para-hydroxylation sites is 1. The van der Waals surface area contributed by atoms with Gasteiger partial charge in [0.2, 0.25) is 0 Å². The van der Waals surface area contributed by atoms with Gasteiger partial charge in [0.05, 0.1) is 13.3 Å². The van der Waals surface area contributed by atoms with Gasteiger partial charge in [-0.25, -0.2) is 9.07 Å². The smallest absolute Gasteiger partial charge is 0.165 e. The molecule has 0 aliphatic rings. The molecule has 0 N–H and O–H groups in total. The van der Waals surface area contributed by atoms with E-state index in [0.717, 1.165) is 11.1 Å². The second-order valence-electron chi connectivity index (χ2n) is 4.88. The van der Waals surface area contributed by atoms with E-state index >= 15 is 0 Å². The van der Waals surface area contributed by atoms with Crippen LogP contribution in [-0.2, 0) is 6.61 Å². The Hall–Kier alpha value is -3.22. The summed E-state index contributed by atoms with van der Waals surface area (Å²) in [6, 6.07) is 11.8. The highest BCUT2D eigenvalue weighted by Gasteiger charge is 2.07. The fraction of sp³-hybridized carbons (Fsp3) is 0.118. The summed E-state index contributed by atoms with van der Waals surface area (Å²) in [7, 11) is 1.58. The number of hydrogen-bond donors (Lipinski definition) is 0. The van der Waals surface area contributed by atoms with Crippen LogP contribution >= 0.6 is 0 Å². The van der Waals surface area contributed by atoms with E-state index in [9.17, 15) is 4.39 Å². The van der Waals surface area contributed by atoms with E-state index in [4.69, 9.17) is 9.47 Å². The van der Waals surface area contributed by atoms with Crippen molar-refractivity contribution >= 4 is 6.21 Å². The van der Waals surface area contributed by atoms with Crippen LogP contribution in [0.4, 0.5) is 4.39 Å². The largest absolute Gasteiger partial charge is 0.496 e. The van der Waals surface area contributed by atoms with Crippen LogP contribution in [0.1, 0.15) is 11.1 Å². The first-order chi connectivity index (χ1) is 11.8. The summed E-state index contributed by atoms with van der Waals surface area (Å²) in [5, 5.41) is 11.5. The minimum absolute atomic E-state index is 0.179. The average Bonchev–Trinajstić information content (AvgIpc) is 3.13. The normalized spacial score (nSPS) is 10.9. The molecule has 1 heterocycles. The van der Waals surface area contributed by atoms with Crippen molar-refractivity contribution in [2.24, 2.45) is 5.10 Å². The van der Waals surface area contributed by atoms with Gasteiger partial charge in [-0.15, -0.1) is 10.2 Å². The number of rotatable bonds is 6. The van der Waals surface area contributed by atoms with E-state index in [1.54, 1.807) is 31.5 Å². The maximum absolute atomic E-state index is 13.6. The van der Waals surface area contributed by atoms with Crippen LogP contribution in [0.5, 0.6) is 11.5 Å². The molecule has 3 rings (SSSR count). The Kier molecular flexibility index (Phi) is 4.81. The number of ether oxygens (including phenoxy) is 2. The van der Waals surface area contributed by atoms with Gasteiger partial charge in [0.1, 0.15) is 25.0 Å². The molecular formula is C17H15FN4O2. The van der Waals surface area contributed by atoms with E-state index < -0.39 is 5.82 Å². The SMILES string of the molecule is COc1ccc(/C=N/n2cnnc2)cc1COc1ccccc1F. The molecule has 0 unspecified atom stereocenters. The number of halogens is 1. The van der Waals surface area contributed by atoms with Gasteiger partial charge in [-0.1, -0.05) is 12.1 Å². The Labute approximate surface area is 138 Å². The van der Waals surface area contributed by atoms with Crippen molar-refractivity contribution in [3.8, 4) is 11.5 Å². The van der Waals surface area contributed by atoms with Crippen LogP contribution in [0, 0.1) is 5.82 Å². The van der Waals surface area contributed by atoms with Gasteiger partial charge in [-0.3, -0.25) is 0 Å². The van der Waals surface area contributed by atoms with E-state index in [1.807, 2.05) is 18.2 Å². The fourth-order valence-corrected chi connectivity index (χ4v) is 2.10.